The molecule has 4 aromatic rings. The summed E-state index contributed by atoms with van der Waals surface area (Å²) in [5.41, 5.74) is 3.00. The second-order valence-electron chi connectivity index (χ2n) is 9.52. The molecule has 0 saturated heterocycles. The SMILES string of the molecule is COc1ccc(CCn2c(SCC(=O)N3c4ccc(F)cc4CC[C@@H]3C)nc3ccccc3c2=O)cc1OC. The number of nitrogens with zero attached hydrogens (tertiary/aromatic N) is 3. The first-order valence-corrected chi connectivity index (χ1v) is 13.8. The summed E-state index contributed by atoms with van der Waals surface area (Å²) < 4.78 is 26.2. The summed E-state index contributed by atoms with van der Waals surface area (Å²) in [5, 5.41) is 1.01. The Kier molecular flexibility index (Phi) is 7.88. The standard InChI is InChI=1S/C30H30FN3O4S/c1-19-8-10-21-17-22(31)11-12-25(21)34(19)28(35)18-39-30-32-24-7-5-4-6-23(24)29(36)33(30)15-14-20-9-13-26(37-2)27(16-20)38-3/h4-7,9,11-13,16-17,19H,8,10,14-15,18H2,1-3H3/t19-/m0/s1. The Bertz CT molecular complexity index is 1590. The molecule has 7 nitrogen and oxygen atoms in total. The Morgan fingerprint density at radius 1 is 1.08 bits per heavy atom. The number of aryl methyl sites for hydroxylation is 2. The number of ether oxygens (including phenoxy) is 2. The molecule has 1 amide bonds. The maximum absolute atomic E-state index is 13.8. The first-order chi connectivity index (χ1) is 18.9. The molecule has 0 fully saturated rings. The minimum Gasteiger partial charge on any atom is -0.493 e. The van der Waals surface area contributed by atoms with Gasteiger partial charge in [-0.2, -0.15) is 0 Å². The van der Waals surface area contributed by atoms with Crippen LogP contribution in [0.3, 0.4) is 0 Å². The smallest absolute Gasteiger partial charge is 0.262 e. The minimum absolute atomic E-state index is 0.00660. The van der Waals surface area contributed by atoms with E-state index in [0.29, 0.717) is 40.5 Å². The Morgan fingerprint density at radius 3 is 2.67 bits per heavy atom. The lowest BCUT2D eigenvalue weighted by Crippen LogP contribution is -2.43. The number of benzene rings is 3. The van der Waals surface area contributed by atoms with E-state index < -0.39 is 0 Å². The molecule has 1 aromatic heterocycles. The Hall–Kier alpha value is -3.85. The molecule has 0 aliphatic carbocycles. The molecule has 2 heterocycles. The highest BCUT2D eigenvalue weighted by Crippen LogP contribution is 2.32. The first-order valence-electron chi connectivity index (χ1n) is 12.8. The number of halogens is 1. The van der Waals surface area contributed by atoms with Crippen molar-refractivity contribution in [1.82, 2.24) is 9.55 Å². The van der Waals surface area contributed by atoms with Crippen LogP contribution in [0.2, 0.25) is 0 Å². The van der Waals surface area contributed by atoms with Gasteiger partial charge < -0.3 is 14.4 Å². The molecule has 0 saturated carbocycles. The van der Waals surface area contributed by atoms with Crippen molar-refractivity contribution >= 4 is 34.3 Å². The van der Waals surface area contributed by atoms with Crippen molar-refractivity contribution in [2.24, 2.45) is 0 Å². The molecule has 0 unspecified atom stereocenters. The number of rotatable bonds is 8. The summed E-state index contributed by atoms with van der Waals surface area (Å²) in [7, 11) is 3.17. The molecule has 0 N–H and O–H groups in total. The number of carbonyl (C=O) groups is 1. The van der Waals surface area contributed by atoms with Crippen LogP contribution >= 0.6 is 11.8 Å². The number of thioether (sulfide) groups is 1. The fourth-order valence-corrected chi connectivity index (χ4v) is 5.91. The fraction of sp³-hybridized carbons (Fsp3) is 0.300. The largest absolute Gasteiger partial charge is 0.493 e. The van der Waals surface area contributed by atoms with Gasteiger partial charge in [0.25, 0.3) is 5.56 Å². The molecule has 3 aromatic carbocycles. The van der Waals surface area contributed by atoms with E-state index >= 15 is 0 Å². The number of methoxy groups -OCH3 is 2. The zero-order valence-corrected chi connectivity index (χ0v) is 23.0. The van der Waals surface area contributed by atoms with E-state index in [-0.39, 0.29) is 29.1 Å². The monoisotopic (exact) mass is 547 g/mol. The molecule has 39 heavy (non-hydrogen) atoms. The molecule has 1 aliphatic heterocycles. The molecule has 0 bridgehead atoms. The van der Waals surface area contributed by atoms with Crippen LogP contribution in [0.5, 0.6) is 11.5 Å². The van der Waals surface area contributed by atoms with Crippen LogP contribution in [-0.4, -0.2) is 41.5 Å². The lowest BCUT2D eigenvalue weighted by atomic mass is 9.96. The van der Waals surface area contributed by atoms with Crippen molar-refractivity contribution in [3.63, 3.8) is 0 Å². The van der Waals surface area contributed by atoms with Gasteiger partial charge in [-0.05, 0) is 79.8 Å². The van der Waals surface area contributed by atoms with Gasteiger partial charge in [0.1, 0.15) is 5.82 Å². The maximum atomic E-state index is 13.8. The lowest BCUT2D eigenvalue weighted by Gasteiger charge is -2.35. The third kappa shape index (κ3) is 5.49. The number of anilines is 1. The van der Waals surface area contributed by atoms with Gasteiger partial charge in [0.2, 0.25) is 5.91 Å². The maximum Gasteiger partial charge on any atom is 0.262 e. The second-order valence-corrected chi connectivity index (χ2v) is 10.5. The van der Waals surface area contributed by atoms with E-state index in [4.69, 9.17) is 14.5 Å². The predicted octanol–water partition coefficient (Wildman–Crippen LogP) is 5.26. The minimum atomic E-state index is -0.302. The van der Waals surface area contributed by atoms with Gasteiger partial charge in [0.15, 0.2) is 16.7 Å². The number of amides is 1. The second kappa shape index (κ2) is 11.5. The molecule has 5 rings (SSSR count). The number of para-hydroxylation sites is 1. The van der Waals surface area contributed by atoms with Crippen LogP contribution in [0.4, 0.5) is 10.1 Å². The van der Waals surface area contributed by atoms with Gasteiger partial charge in [-0.3, -0.25) is 14.2 Å². The van der Waals surface area contributed by atoms with E-state index in [0.717, 1.165) is 29.7 Å². The fourth-order valence-electron chi connectivity index (χ4n) is 5.03. The van der Waals surface area contributed by atoms with Gasteiger partial charge >= 0.3 is 0 Å². The third-order valence-corrected chi connectivity index (χ3v) is 8.03. The summed E-state index contributed by atoms with van der Waals surface area (Å²) in [6, 6.07) is 17.5. The zero-order valence-electron chi connectivity index (χ0n) is 22.1. The lowest BCUT2D eigenvalue weighted by molar-refractivity contribution is -0.116. The molecular weight excluding hydrogens is 517 g/mol. The molecule has 1 aliphatic rings. The topological polar surface area (TPSA) is 73.7 Å². The van der Waals surface area contributed by atoms with E-state index in [9.17, 15) is 14.0 Å². The normalized spacial score (nSPS) is 14.8. The van der Waals surface area contributed by atoms with Crippen LogP contribution in [0, 0.1) is 5.82 Å². The summed E-state index contributed by atoms with van der Waals surface area (Å²) in [4.78, 5) is 33.5. The summed E-state index contributed by atoms with van der Waals surface area (Å²) in [6.45, 7) is 2.38. The van der Waals surface area contributed by atoms with Crippen molar-refractivity contribution < 1.29 is 18.7 Å². The predicted molar refractivity (Wildman–Crippen MR) is 152 cm³/mol. The Morgan fingerprint density at radius 2 is 1.87 bits per heavy atom. The van der Waals surface area contributed by atoms with E-state index in [1.165, 1.54) is 23.9 Å². The number of fused-ring (bicyclic) bond motifs is 2. The Labute approximate surface area is 230 Å². The molecule has 202 valence electrons. The highest BCUT2D eigenvalue weighted by atomic mass is 32.2. The first kappa shape index (κ1) is 26.7. The van der Waals surface area contributed by atoms with Crippen LogP contribution < -0.4 is 19.9 Å². The average Bonchev–Trinajstić information content (AvgIpc) is 2.95. The van der Waals surface area contributed by atoms with Gasteiger partial charge in [-0.1, -0.05) is 30.0 Å². The van der Waals surface area contributed by atoms with Crippen LogP contribution in [0.25, 0.3) is 10.9 Å². The van der Waals surface area contributed by atoms with Gasteiger partial charge in [0, 0.05) is 18.3 Å². The zero-order chi connectivity index (χ0) is 27.5. The molecule has 1 atom stereocenters. The molecule has 9 heteroatoms. The van der Waals surface area contributed by atoms with Crippen LogP contribution in [0.15, 0.2) is 70.6 Å². The van der Waals surface area contributed by atoms with Gasteiger partial charge in [0.05, 0.1) is 30.9 Å². The molecule has 0 spiro atoms. The number of hydrogen-bond donors (Lipinski definition) is 0. The van der Waals surface area contributed by atoms with E-state index in [1.54, 1.807) is 41.9 Å². The number of aromatic nitrogens is 2. The van der Waals surface area contributed by atoms with Crippen molar-refractivity contribution in [2.75, 3.05) is 24.9 Å². The number of hydrogen-bond acceptors (Lipinski definition) is 6. The quantitative estimate of drug-likeness (QED) is 0.222. The van der Waals surface area contributed by atoms with Crippen molar-refractivity contribution in [2.45, 2.75) is 43.9 Å². The molecule has 0 radical (unpaired) electrons. The third-order valence-electron chi connectivity index (χ3n) is 7.07. The highest BCUT2D eigenvalue weighted by molar-refractivity contribution is 7.99. The summed E-state index contributed by atoms with van der Waals surface area (Å²) in [6.07, 6.45) is 2.05. The van der Waals surface area contributed by atoms with Crippen LogP contribution in [-0.2, 0) is 24.2 Å². The van der Waals surface area contributed by atoms with Crippen molar-refractivity contribution in [3.8, 4) is 11.5 Å². The van der Waals surface area contributed by atoms with Crippen molar-refractivity contribution in [3.05, 3.63) is 88.0 Å². The summed E-state index contributed by atoms with van der Waals surface area (Å²) >= 11 is 1.25. The van der Waals surface area contributed by atoms with Gasteiger partial charge in [-0.25, -0.2) is 9.37 Å². The Balaban J connectivity index is 1.42. The van der Waals surface area contributed by atoms with Crippen molar-refractivity contribution in [1.29, 1.82) is 0 Å². The molecular formula is C30H30FN3O4S. The van der Waals surface area contributed by atoms with E-state index in [1.807, 2.05) is 37.3 Å². The highest BCUT2D eigenvalue weighted by Gasteiger charge is 2.29. The summed E-state index contributed by atoms with van der Waals surface area (Å²) in [5.74, 6) is 0.951. The van der Waals surface area contributed by atoms with Gasteiger partial charge in [-0.15, -0.1) is 0 Å². The average molecular weight is 548 g/mol. The van der Waals surface area contributed by atoms with E-state index in [2.05, 4.69) is 0 Å². The number of carbonyl (C=O) groups excluding carboxylic acids is 1. The van der Waals surface area contributed by atoms with Crippen LogP contribution in [0.1, 0.15) is 24.5 Å².